The zero-order valence-electron chi connectivity index (χ0n) is 13.2. The molecule has 1 nitrogen and oxygen atoms in total. The molecular formula is C19H29N. The van der Waals surface area contributed by atoms with Gasteiger partial charge in [0.2, 0.25) is 0 Å². The molecule has 0 radical (unpaired) electrons. The maximum atomic E-state index is 3.64. The topological polar surface area (TPSA) is 12.0 Å². The van der Waals surface area contributed by atoms with Crippen LogP contribution in [0.4, 0.5) is 0 Å². The van der Waals surface area contributed by atoms with Crippen LogP contribution in [0.5, 0.6) is 0 Å². The predicted molar refractivity (Wildman–Crippen MR) is 86.2 cm³/mol. The molecule has 0 unspecified atom stereocenters. The number of hydrogen-bond acceptors (Lipinski definition) is 1. The van der Waals surface area contributed by atoms with Gasteiger partial charge in [0.1, 0.15) is 0 Å². The fourth-order valence-corrected chi connectivity index (χ4v) is 3.29. The second kappa shape index (κ2) is 5.89. The van der Waals surface area contributed by atoms with Crippen LogP contribution in [0.3, 0.4) is 0 Å². The zero-order chi connectivity index (χ0) is 14.0. The van der Waals surface area contributed by atoms with Crippen LogP contribution in [0.15, 0.2) is 18.2 Å². The lowest BCUT2D eigenvalue weighted by molar-refractivity contribution is 0.302. The molecule has 0 aromatic heterocycles. The maximum Gasteiger partial charge on any atom is 0.00682 e. The van der Waals surface area contributed by atoms with Gasteiger partial charge in [-0.15, -0.1) is 0 Å². The highest BCUT2D eigenvalue weighted by Gasteiger charge is 2.23. The molecule has 0 bridgehead atoms. The highest BCUT2D eigenvalue weighted by molar-refractivity contribution is 5.35. The number of nitrogens with one attached hydrogen (secondary N) is 1. The van der Waals surface area contributed by atoms with E-state index >= 15 is 0 Å². The molecule has 1 aromatic carbocycles. The average molecular weight is 271 g/mol. The minimum Gasteiger partial charge on any atom is -0.314 e. The van der Waals surface area contributed by atoms with Gasteiger partial charge in [0.15, 0.2) is 0 Å². The predicted octanol–water partition coefficient (Wildman–Crippen LogP) is 4.28. The van der Waals surface area contributed by atoms with E-state index in [2.05, 4.69) is 37.4 Å². The lowest BCUT2D eigenvalue weighted by Gasteiger charge is -2.25. The van der Waals surface area contributed by atoms with Gasteiger partial charge in [-0.05, 0) is 80.0 Å². The highest BCUT2D eigenvalue weighted by Crippen LogP contribution is 2.29. The normalized spacial score (nSPS) is 18.3. The Labute approximate surface area is 124 Å². The van der Waals surface area contributed by atoms with Gasteiger partial charge in [-0.2, -0.15) is 0 Å². The quantitative estimate of drug-likeness (QED) is 0.780. The Morgan fingerprint density at radius 3 is 2.70 bits per heavy atom. The van der Waals surface area contributed by atoms with E-state index in [0.29, 0.717) is 5.41 Å². The summed E-state index contributed by atoms with van der Waals surface area (Å²) in [6.45, 7) is 6.05. The van der Waals surface area contributed by atoms with Crippen molar-refractivity contribution in [2.75, 3.05) is 6.54 Å². The first-order valence-corrected chi connectivity index (χ1v) is 8.46. The lowest BCUT2D eigenvalue weighted by Crippen LogP contribution is -2.24. The Hall–Kier alpha value is -0.820. The Kier molecular flexibility index (Phi) is 4.16. The fourth-order valence-electron chi connectivity index (χ4n) is 3.29. The van der Waals surface area contributed by atoms with E-state index in [1.165, 1.54) is 57.9 Å². The van der Waals surface area contributed by atoms with E-state index in [1.54, 1.807) is 16.7 Å². The first-order valence-electron chi connectivity index (χ1n) is 8.46. The van der Waals surface area contributed by atoms with Crippen molar-refractivity contribution in [1.29, 1.82) is 0 Å². The maximum absolute atomic E-state index is 3.64. The largest absolute Gasteiger partial charge is 0.314 e. The summed E-state index contributed by atoms with van der Waals surface area (Å²) < 4.78 is 0. The molecule has 0 amide bonds. The molecule has 20 heavy (non-hydrogen) atoms. The van der Waals surface area contributed by atoms with E-state index in [-0.39, 0.29) is 0 Å². The highest BCUT2D eigenvalue weighted by atomic mass is 14.9. The molecule has 2 aliphatic carbocycles. The summed E-state index contributed by atoms with van der Waals surface area (Å²) in [7, 11) is 0. The first-order chi connectivity index (χ1) is 9.62. The molecule has 0 heterocycles. The van der Waals surface area contributed by atoms with Gasteiger partial charge in [-0.3, -0.25) is 0 Å². The van der Waals surface area contributed by atoms with E-state index in [0.717, 1.165) is 6.04 Å². The Balaban J connectivity index is 1.47. The minimum atomic E-state index is 0.459. The summed E-state index contributed by atoms with van der Waals surface area (Å²) in [4.78, 5) is 0. The molecule has 0 saturated heterocycles. The van der Waals surface area contributed by atoms with Gasteiger partial charge < -0.3 is 5.32 Å². The fraction of sp³-hybridized carbons (Fsp3) is 0.684. The molecule has 1 saturated carbocycles. The monoisotopic (exact) mass is 271 g/mol. The number of benzene rings is 1. The van der Waals surface area contributed by atoms with Crippen LogP contribution >= 0.6 is 0 Å². The Morgan fingerprint density at radius 1 is 1.10 bits per heavy atom. The summed E-state index contributed by atoms with van der Waals surface area (Å²) in [6.07, 6.45) is 10.6. The molecule has 1 heteroatoms. The van der Waals surface area contributed by atoms with Crippen LogP contribution in [0, 0.1) is 5.41 Å². The number of fused-ring (bicyclic) bond motifs is 1. The molecule has 110 valence electrons. The molecule has 0 atom stereocenters. The second-order valence-corrected chi connectivity index (χ2v) is 7.60. The van der Waals surface area contributed by atoms with Crippen molar-refractivity contribution >= 4 is 0 Å². The van der Waals surface area contributed by atoms with Crippen molar-refractivity contribution < 1.29 is 0 Å². The Morgan fingerprint density at radius 2 is 1.90 bits per heavy atom. The van der Waals surface area contributed by atoms with Crippen LogP contribution < -0.4 is 5.32 Å². The molecule has 2 aliphatic rings. The molecular weight excluding hydrogens is 242 g/mol. The van der Waals surface area contributed by atoms with Crippen molar-refractivity contribution in [3.63, 3.8) is 0 Å². The van der Waals surface area contributed by atoms with Gasteiger partial charge in [0.05, 0.1) is 0 Å². The first kappa shape index (κ1) is 14.1. The van der Waals surface area contributed by atoms with Crippen LogP contribution in [0.25, 0.3) is 0 Å². The summed E-state index contributed by atoms with van der Waals surface area (Å²) in [5.41, 5.74) is 5.23. The van der Waals surface area contributed by atoms with Gasteiger partial charge in [-0.25, -0.2) is 0 Å². The lowest BCUT2D eigenvalue weighted by atomic mass is 9.83. The van der Waals surface area contributed by atoms with Gasteiger partial charge in [-0.1, -0.05) is 32.0 Å². The third kappa shape index (κ3) is 3.85. The molecule has 0 aliphatic heterocycles. The molecule has 0 spiro atoms. The van der Waals surface area contributed by atoms with Crippen molar-refractivity contribution in [3.8, 4) is 0 Å². The number of aryl methyl sites for hydroxylation is 3. The standard InChI is InChI=1S/C19H29N/c1-19(2,12-13-20-18-8-9-18)11-10-15-6-7-16-4-3-5-17(16)14-15/h6-7,14,18,20H,3-5,8-13H2,1-2H3. The number of hydrogen-bond donors (Lipinski definition) is 1. The van der Waals surface area contributed by atoms with Crippen LogP contribution in [0.2, 0.25) is 0 Å². The molecule has 1 fully saturated rings. The van der Waals surface area contributed by atoms with Crippen LogP contribution in [0.1, 0.15) is 62.6 Å². The third-order valence-corrected chi connectivity index (χ3v) is 5.07. The van der Waals surface area contributed by atoms with Crippen molar-refractivity contribution in [2.24, 2.45) is 5.41 Å². The molecule has 1 aromatic rings. The smallest absolute Gasteiger partial charge is 0.00682 e. The van der Waals surface area contributed by atoms with Crippen molar-refractivity contribution in [1.82, 2.24) is 5.32 Å². The van der Waals surface area contributed by atoms with E-state index in [9.17, 15) is 0 Å². The van der Waals surface area contributed by atoms with Crippen LogP contribution in [-0.4, -0.2) is 12.6 Å². The molecule has 3 rings (SSSR count). The third-order valence-electron chi connectivity index (χ3n) is 5.07. The second-order valence-electron chi connectivity index (χ2n) is 7.60. The minimum absolute atomic E-state index is 0.459. The average Bonchev–Trinajstić information content (AvgIpc) is 3.12. The van der Waals surface area contributed by atoms with Crippen molar-refractivity contribution in [2.45, 2.75) is 71.3 Å². The summed E-state index contributed by atoms with van der Waals surface area (Å²) in [5, 5.41) is 3.64. The van der Waals surface area contributed by atoms with Crippen molar-refractivity contribution in [3.05, 3.63) is 34.9 Å². The summed E-state index contributed by atoms with van der Waals surface area (Å²) >= 11 is 0. The van der Waals surface area contributed by atoms with Gasteiger partial charge in [0.25, 0.3) is 0 Å². The summed E-state index contributed by atoms with van der Waals surface area (Å²) in [6, 6.07) is 8.06. The zero-order valence-corrected chi connectivity index (χ0v) is 13.2. The van der Waals surface area contributed by atoms with Gasteiger partial charge in [0, 0.05) is 6.04 Å². The SMILES string of the molecule is CC(C)(CCNC1CC1)CCc1ccc2c(c1)CCC2. The molecule has 1 N–H and O–H groups in total. The Bertz CT molecular complexity index is 457. The van der Waals surface area contributed by atoms with Crippen LogP contribution in [-0.2, 0) is 19.3 Å². The van der Waals surface area contributed by atoms with E-state index in [1.807, 2.05) is 0 Å². The summed E-state index contributed by atoms with van der Waals surface area (Å²) in [5.74, 6) is 0. The number of rotatable bonds is 7. The van der Waals surface area contributed by atoms with Gasteiger partial charge >= 0.3 is 0 Å². The van der Waals surface area contributed by atoms with E-state index < -0.39 is 0 Å². The van der Waals surface area contributed by atoms with E-state index in [4.69, 9.17) is 0 Å².